The predicted octanol–water partition coefficient (Wildman–Crippen LogP) is 5.09. The van der Waals surface area contributed by atoms with E-state index in [2.05, 4.69) is 53.2 Å². The molecule has 3 rings (SSSR count). The van der Waals surface area contributed by atoms with Crippen LogP contribution in [-0.4, -0.2) is 22.0 Å². The summed E-state index contributed by atoms with van der Waals surface area (Å²) in [5, 5.41) is 3.36. The fraction of sp³-hybridized carbons (Fsp3) is 0.391. The van der Waals surface area contributed by atoms with Crippen LogP contribution in [0.5, 0.6) is 0 Å². The summed E-state index contributed by atoms with van der Waals surface area (Å²) in [5.74, 6) is 0.644. The van der Waals surface area contributed by atoms with Crippen LogP contribution in [0.3, 0.4) is 0 Å². The van der Waals surface area contributed by atoms with Gasteiger partial charge in [0.2, 0.25) is 0 Å². The highest BCUT2D eigenvalue weighted by atomic mass is 19.1. The highest BCUT2D eigenvalue weighted by Crippen LogP contribution is 2.26. The lowest BCUT2D eigenvalue weighted by Gasteiger charge is -2.21. The zero-order valence-electron chi connectivity index (χ0n) is 17.1. The smallest absolute Gasteiger partial charge is 0.141 e. The Morgan fingerprint density at radius 3 is 2.43 bits per heavy atom. The molecule has 0 spiro atoms. The molecule has 148 valence electrons. The number of pyridine rings is 1. The summed E-state index contributed by atoms with van der Waals surface area (Å²) in [6, 6.07) is 11.5. The Labute approximate surface area is 166 Å². The summed E-state index contributed by atoms with van der Waals surface area (Å²) in [4.78, 5) is 12.2. The van der Waals surface area contributed by atoms with Gasteiger partial charge in [-0.05, 0) is 43.0 Å². The molecule has 1 atom stereocenters. The van der Waals surface area contributed by atoms with Crippen LogP contribution in [-0.2, 0) is 12.8 Å². The lowest BCUT2D eigenvalue weighted by Crippen LogP contribution is -2.20. The summed E-state index contributed by atoms with van der Waals surface area (Å²) in [5.41, 5.74) is 4.40. The van der Waals surface area contributed by atoms with Crippen LogP contribution in [0.4, 0.5) is 4.39 Å². The number of benzene rings is 1. The molecule has 28 heavy (non-hydrogen) atoms. The minimum absolute atomic E-state index is 0.119. The maximum atomic E-state index is 13.0. The number of hydrogen-bond acceptors (Lipinski definition) is 3. The highest BCUT2D eigenvalue weighted by molar-refractivity contribution is 5.59. The highest BCUT2D eigenvalue weighted by Gasteiger charge is 2.19. The zero-order valence-corrected chi connectivity index (χ0v) is 17.1. The summed E-state index contributed by atoms with van der Waals surface area (Å²) >= 11 is 0. The molecule has 0 saturated carbocycles. The third kappa shape index (κ3) is 5.04. The lowest BCUT2D eigenvalue weighted by atomic mass is 9.85. The van der Waals surface area contributed by atoms with Gasteiger partial charge in [-0.15, -0.1) is 0 Å². The summed E-state index contributed by atoms with van der Waals surface area (Å²) in [6.07, 6.45) is 6.16. The summed E-state index contributed by atoms with van der Waals surface area (Å²) < 4.78 is 13.0. The minimum atomic E-state index is -0.322. The van der Waals surface area contributed by atoms with Gasteiger partial charge in [0.15, 0.2) is 0 Å². The molecule has 2 N–H and O–H groups in total. The second-order valence-electron chi connectivity index (χ2n) is 8.09. The Morgan fingerprint density at radius 2 is 1.82 bits per heavy atom. The van der Waals surface area contributed by atoms with E-state index in [9.17, 15) is 4.39 Å². The maximum absolute atomic E-state index is 13.0. The fourth-order valence-electron chi connectivity index (χ4n) is 3.21. The number of likely N-dealkylation sites (N-methyl/N-ethyl adjacent to an activating group) is 1. The van der Waals surface area contributed by atoms with Crippen LogP contribution in [0.2, 0.25) is 0 Å². The second-order valence-corrected chi connectivity index (χ2v) is 8.09. The molecule has 0 bridgehead atoms. The molecule has 2 heterocycles. The molecule has 1 unspecified atom stereocenters. The number of halogens is 1. The van der Waals surface area contributed by atoms with Crippen LogP contribution >= 0.6 is 0 Å². The SMILES string of the molecule is CCC(C)(C)Cc1cnc(C(Cc2ccc(-c3ccc(F)cn3)cc2)NC)[nH]1. The Kier molecular flexibility index (Phi) is 6.25. The van der Waals surface area contributed by atoms with E-state index in [0.29, 0.717) is 0 Å². The molecule has 0 saturated heterocycles. The van der Waals surface area contributed by atoms with Crippen LogP contribution in [0.15, 0.2) is 48.8 Å². The Hall–Kier alpha value is -2.53. The number of hydrogen-bond donors (Lipinski definition) is 2. The molecule has 0 fully saturated rings. The summed E-state index contributed by atoms with van der Waals surface area (Å²) in [7, 11) is 1.96. The first-order valence-corrected chi connectivity index (χ1v) is 9.82. The van der Waals surface area contributed by atoms with Crippen molar-refractivity contribution in [1.29, 1.82) is 0 Å². The monoisotopic (exact) mass is 380 g/mol. The Morgan fingerprint density at radius 1 is 1.07 bits per heavy atom. The van der Waals surface area contributed by atoms with E-state index in [1.807, 2.05) is 25.4 Å². The van der Waals surface area contributed by atoms with E-state index in [4.69, 9.17) is 0 Å². The molecule has 1 aromatic carbocycles. The average Bonchev–Trinajstić information content (AvgIpc) is 3.15. The van der Waals surface area contributed by atoms with Gasteiger partial charge in [0, 0.05) is 17.5 Å². The lowest BCUT2D eigenvalue weighted by molar-refractivity contribution is 0.345. The number of nitrogens with one attached hydrogen (secondary N) is 2. The number of nitrogens with zero attached hydrogens (tertiary/aromatic N) is 2. The second kappa shape index (κ2) is 8.65. The van der Waals surface area contributed by atoms with E-state index in [1.165, 1.54) is 23.5 Å². The third-order valence-corrected chi connectivity index (χ3v) is 5.37. The first-order chi connectivity index (χ1) is 13.4. The van der Waals surface area contributed by atoms with E-state index in [1.54, 1.807) is 6.07 Å². The van der Waals surface area contributed by atoms with Crippen molar-refractivity contribution in [2.45, 2.75) is 46.1 Å². The number of imidazole rings is 1. The van der Waals surface area contributed by atoms with E-state index in [-0.39, 0.29) is 17.3 Å². The molecule has 5 heteroatoms. The van der Waals surface area contributed by atoms with Crippen LogP contribution in [0.1, 0.15) is 50.3 Å². The number of H-pyrrole nitrogens is 1. The molecule has 0 aliphatic rings. The minimum Gasteiger partial charge on any atom is -0.345 e. The number of aromatic amines is 1. The van der Waals surface area contributed by atoms with Crippen molar-refractivity contribution < 1.29 is 4.39 Å². The van der Waals surface area contributed by atoms with Crippen molar-refractivity contribution in [3.05, 3.63) is 71.7 Å². The van der Waals surface area contributed by atoms with Gasteiger partial charge in [0.05, 0.1) is 17.9 Å². The van der Waals surface area contributed by atoms with E-state index < -0.39 is 0 Å². The van der Waals surface area contributed by atoms with Gasteiger partial charge in [-0.3, -0.25) is 4.98 Å². The van der Waals surface area contributed by atoms with Gasteiger partial charge in [0.1, 0.15) is 11.6 Å². The molecular weight excluding hydrogens is 351 g/mol. The van der Waals surface area contributed by atoms with Crippen molar-refractivity contribution in [2.75, 3.05) is 7.05 Å². The third-order valence-electron chi connectivity index (χ3n) is 5.37. The van der Waals surface area contributed by atoms with Gasteiger partial charge >= 0.3 is 0 Å². The van der Waals surface area contributed by atoms with Gasteiger partial charge in [-0.25, -0.2) is 9.37 Å². The number of aromatic nitrogens is 3. The van der Waals surface area contributed by atoms with Crippen molar-refractivity contribution in [3.8, 4) is 11.3 Å². The quantitative estimate of drug-likeness (QED) is 0.572. The van der Waals surface area contributed by atoms with Crippen molar-refractivity contribution >= 4 is 0 Å². The maximum Gasteiger partial charge on any atom is 0.141 e. The van der Waals surface area contributed by atoms with Crippen molar-refractivity contribution in [2.24, 2.45) is 5.41 Å². The van der Waals surface area contributed by atoms with Crippen LogP contribution < -0.4 is 5.32 Å². The molecule has 4 nitrogen and oxygen atoms in total. The standard InChI is InChI=1S/C23H29FN4/c1-5-23(2,3)13-19-15-27-22(28-19)21(25-4)12-16-6-8-17(9-7-16)20-11-10-18(24)14-26-20/h6-11,14-15,21,25H,5,12-13H2,1-4H3,(H,27,28). The van der Waals surface area contributed by atoms with Gasteiger partial charge in [-0.2, -0.15) is 0 Å². The van der Waals surface area contributed by atoms with E-state index >= 15 is 0 Å². The molecular formula is C23H29FN4. The van der Waals surface area contributed by atoms with Crippen molar-refractivity contribution in [3.63, 3.8) is 0 Å². The number of rotatable bonds is 8. The van der Waals surface area contributed by atoms with Crippen LogP contribution in [0.25, 0.3) is 11.3 Å². The fourth-order valence-corrected chi connectivity index (χ4v) is 3.21. The van der Waals surface area contributed by atoms with Gasteiger partial charge in [-0.1, -0.05) is 51.5 Å². The van der Waals surface area contributed by atoms with E-state index in [0.717, 1.165) is 36.3 Å². The molecule has 0 aliphatic heterocycles. The van der Waals surface area contributed by atoms with Crippen LogP contribution in [0, 0.1) is 11.2 Å². The Bertz CT molecular complexity index is 882. The zero-order chi connectivity index (χ0) is 20.1. The normalized spacial score (nSPS) is 12.9. The Balaban J connectivity index is 1.69. The largest absolute Gasteiger partial charge is 0.345 e. The topological polar surface area (TPSA) is 53.6 Å². The van der Waals surface area contributed by atoms with Crippen molar-refractivity contribution in [1.82, 2.24) is 20.3 Å². The molecule has 3 aromatic rings. The predicted molar refractivity (Wildman–Crippen MR) is 111 cm³/mol. The molecule has 0 aliphatic carbocycles. The summed E-state index contributed by atoms with van der Waals surface area (Å²) in [6.45, 7) is 6.78. The van der Waals surface area contributed by atoms with Gasteiger partial charge < -0.3 is 10.3 Å². The molecule has 0 radical (unpaired) electrons. The molecule has 2 aromatic heterocycles. The first kappa shape index (κ1) is 20.2. The first-order valence-electron chi connectivity index (χ1n) is 9.82. The molecule has 0 amide bonds. The van der Waals surface area contributed by atoms with Gasteiger partial charge in [0.25, 0.3) is 0 Å². The average molecular weight is 381 g/mol.